The van der Waals surface area contributed by atoms with Gasteiger partial charge < -0.3 is 34.3 Å². The maximum atomic E-state index is 13.6. The van der Waals surface area contributed by atoms with Crippen LogP contribution in [-0.2, 0) is 9.53 Å². The Balaban J connectivity index is 1.34. The molecule has 2 atom stereocenters. The molecule has 3 heterocycles. The molecule has 2 aliphatic rings. The third-order valence-corrected chi connectivity index (χ3v) is 7.99. The average Bonchev–Trinajstić information content (AvgIpc) is 3.66. The van der Waals surface area contributed by atoms with Crippen molar-refractivity contribution in [2.75, 3.05) is 54.1 Å². The van der Waals surface area contributed by atoms with Crippen molar-refractivity contribution in [3.63, 3.8) is 0 Å². The molecule has 3 amide bonds. The van der Waals surface area contributed by atoms with Gasteiger partial charge in [-0.15, -0.1) is 0 Å². The minimum atomic E-state index is -0.625. The number of nitrogens with one attached hydrogen (secondary N) is 2. The van der Waals surface area contributed by atoms with Crippen molar-refractivity contribution >= 4 is 28.8 Å². The Morgan fingerprint density at radius 1 is 0.950 bits per heavy atom. The largest absolute Gasteiger partial charge is 0.493 e. The molecule has 0 saturated carbocycles. The van der Waals surface area contributed by atoms with Crippen LogP contribution in [0, 0.1) is 11.8 Å². The quantitative estimate of drug-likeness (QED) is 0.464. The number of aromatic nitrogens is 1. The first-order valence-electron chi connectivity index (χ1n) is 13.5. The number of methoxy groups -OCH3 is 2. The molecule has 10 nitrogen and oxygen atoms in total. The van der Waals surface area contributed by atoms with Gasteiger partial charge in [0.15, 0.2) is 18.1 Å². The van der Waals surface area contributed by atoms with Crippen molar-refractivity contribution in [2.24, 2.45) is 11.8 Å². The number of carbonyl (C=O) groups is 3. The predicted octanol–water partition coefficient (Wildman–Crippen LogP) is 3.86. The molecule has 2 aliphatic heterocycles. The van der Waals surface area contributed by atoms with Crippen molar-refractivity contribution in [3.8, 4) is 22.8 Å². The molecule has 3 aromatic rings. The zero-order valence-corrected chi connectivity index (χ0v) is 23.6. The van der Waals surface area contributed by atoms with E-state index in [1.54, 1.807) is 19.1 Å². The Kier molecular flexibility index (Phi) is 7.60. The maximum absolute atomic E-state index is 13.6. The molecule has 2 fully saturated rings. The number of aromatic amines is 1. The third kappa shape index (κ3) is 5.05. The number of fused-ring (bicyclic) bond motifs is 2. The number of H-pyrrole nitrogens is 1. The van der Waals surface area contributed by atoms with Crippen LogP contribution in [0.4, 0.5) is 4.79 Å². The lowest BCUT2D eigenvalue weighted by Gasteiger charge is -2.22. The number of nitrogens with zero attached hydrogens (tertiary/aromatic N) is 2. The molecule has 212 valence electrons. The number of likely N-dealkylation sites (tertiary alicyclic amines) is 2. The number of amides is 3. The van der Waals surface area contributed by atoms with Crippen LogP contribution in [0.3, 0.4) is 0 Å². The SMILES string of the molecule is CNC(=O)OCC(=O)N1CC2CN(C(=O)c3ccc4[nH]c(-c5ccc(OC)c(OC)c5)c(C(C)C)c4c3)CC2C1. The molecular weight excluding hydrogens is 512 g/mol. The summed E-state index contributed by atoms with van der Waals surface area (Å²) >= 11 is 0. The predicted molar refractivity (Wildman–Crippen MR) is 151 cm³/mol. The molecule has 0 radical (unpaired) electrons. The Morgan fingerprint density at radius 2 is 1.62 bits per heavy atom. The van der Waals surface area contributed by atoms with Crippen molar-refractivity contribution in [1.82, 2.24) is 20.1 Å². The highest BCUT2D eigenvalue weighted by atomic mass is 16.6. The molecule has 10 heteroatoms. The summed E-state index contributed by atoms with van der Waals surface area (Å²) in [5, 5.41) is 3.36. The summed E-state index contributed by atoms with van der Waals surface area (Å²) in [6.07, 6.45) is -0.625. The van der Waals surface area contributed by atoms with Gasteiger partial charge in [-0.2, -0.15) is 0 Å². The maximum Gasteiger partial charge on any atom is 0.407 e. The summed E-state index contributed by atoms with van der Waals surface area (Å²) in [7, 11) is 4.69. The van der Waals surface area contributed by atoms with Gasteiger partial charge in [-0.05, 0) is 47.9 Å². The van der Waals surface area contributed by atoms with E-state index >= 15 is 0 Å². The molecule has 2 N–H and O–H groups in total. The first-order valence-corrected chi connectivity index (χ1v) is 13.5. The molecule has 0 spiro atoms. The van der Waals surface area contributed by atoms with Gasteiger partial charge in [-0.3, -0.25) is 9.59 Å². The fourth-order valence-electron chi connectivity index (χ4n) is 6.00. The Bertz CT molecular complexity index is 1430. The summed E-state index contributed by atoms with van der Waals surface area (Å²) < 4.78 is 15.8. The minimum Gasteiger partial charge on any atom is -0.493 e. The summed E-state index contributed by atoms with van der Waals surface area (Å²) in [4.78, 5) is 44.5. The fourth-order valence-corrected chi connectivity index (χ4v) is 6.00. The Hall–Kier alpha value is -4.21. The smallest absolute Gasteiger partial charge is 0.407 e. The number of hydrogen-bond donors (Lipinski definition) is 2. The lowest BCUT2D eigenvalue weighted by atomic mass is 9.95. The first-order chi connectivity index (χ1) is 19.2. The summed E-state index contributed by atoms with van der Waals surface area (Å²) in [6.45, 7) is 6.35. The molecule has 2 saturated heterocycles. The molecule has 2 aromatic carbocycles. The molecular formula is C30H36N4O6. The lowest BCUT2D eigenvalue weighted by molar-refractivity contribution is -0.133. The van der Waals surface area contributed by atoms with E-state index in [4.69, 9.17) is 14.2 Å². The standard InChI is InChI=1S/C30H36N4O6/c1-17(2)27-22-10-19(6-8-23(22)32-28(27)18-7-9-24(38-4)25(11-18)39-5)29(36)34-14-20-12-33(13-21(20)15-34)26(35)16-40-30(37)31-3/h6-11,17,20-21,32H,12-16H2,1-5H3,(H,31,37). The van der Waals surface area contributed by atoms with Gasteiger partial charge in [0.2, 0.25) is 0 Å². The zero-order valence-electron chi connectivity index (χ0n) is 23.6. The van der Waals surface area contributed by atoms with Crippen LogP contribution in [0.15, 0.2) is 36.4 Å². The van der Waals surface area contributed by atoms with Crippen LogP contribution in [0.5, 0.6) is 11.5 Å². The van der Waals surface area contributed by atoms with Crippen LogP contribution < -0.4 is 14.8 Å². The molecule has 1 aromatic heterocycles. The third-order valence-electron chi connectivity index (χ3n) is 7.99. The number of carbonyl (C=O) groups excluding carboxylic acids is 3. The van der Waals surface area contributed by atoms with Gasteiger partial charge in [-0.25, -0.2) is 4.79 Å². The van der Waals surface area contributed by atoms with E-state index in [-0.39, 0.29) is 36.2 Å². The van der Waals surface area contributed by atoms with Gasteiger partial charge in [0.25, 0.3) is 11.8 Å². The van der Waals surface area contributed by atoms with Crippen molar-refractivity contribution < 1.29 is 28.6 Å². The first kappa shape index (κ1) is 27.4. The van der Waals surface area contributed by atoms with E-state index in [0.717, 1.165) is 27.7 Å². The van der Waals surface area contributed by atoms with Gasteiger partial charge >= 0.3 is 6.09 Å². The summed E-state index contributed by atoms with van der Waals surface area (Å²) in [5.74, 6) is 1.76. The second kappa shape index (κ2) is 11.1. The molecule has 5 rings (SSSR count). The van der Waals surface area contributed by atoms with Crippen molar-refractivity contribution in [1.29, 1.82) is 0 Å². The van der Waals surface area contributed by atoms with Gasteiger partial charge in [0.1, 0.15) is 0 Å². The summed E-state index contributed by atoms with van der Waals surface area (Å²) in [6, 6.07) is 11.7. The number of ether oxygens (including phenoxy) is 3. The van der Waals surface area contributed by atoms with E-state index in [1.807, 2.05) is 41.3 Å². The van der Waals surface area contributed by atoms with Crippen LogP contribution in [0.1, 0.15) is 35.7 Å². The minimum absolute atomic E-state index is 0.000648. The van der Waals surface area contributed by atoms with Crippen LogP contribution in [0.2, 0.25) is 0 Å². The van der Waals surface area contributed by atoms with Crippen molar-refractivity contribution in [2.45, 2.75) is 19.8 Å². The van der Waals surface area contributed by atoms with E-state index in [1.165, 1.54) is 7.05 Å². The van der Waals surface area contributed by atoms with Gasteiger partial charge in [0, 0.05) is 67.1 Å². The average molecular weight is 549 g/mol. The van der Waals surface area contributed by atoms with Crippen molar-refractivity contribution in [3.05, 3.63) is 47.5 Å². The number of hydrogen-bond acceptors (Lipinski definition) is 6. The fraction of sp³-hybridized carbons (Fsp3) is 0.433. The highest BCUT2D eigenvalue weighted by Gasteiger charge is 2.43. The van der Waals surface area contributed by atoms with Crippen LogP contribution >= 0.6 is 0 Å². The number of benzene rings is 2. The van der Waals surface area contributed by atoms with E-state index in [0.29, 0.717) is 43.2 Å². The molecule has 40 heavy (non-hydrogen) atoms. The topological polar surface area (TPSA) is 113 Å². The number of alkyl carbamates (subject to hydrolysis) is 1. The van der Waals surface area contributed by atoms with Crippen LogP contribution in [0.25, 0.3) is 22.2 Å². The zero-order chi connectivity index (χ0) is 28.6. The Morgan fingerprint density at radius 3 is 2.25 bits per heavy atom. The molecule has 0 aliphatic carbocycles. The number of rotatable bonds is 7. The van der Waals surface area contributed by atoms with E-state index in [2.05, 4.69) is 24.1 Å². The summed E-state index contributed by atoms with van der Waals surface area (Å²) in [5.41, 5.74) is 4.74. The second-order valence-electron chi connectivity index (χ2n) is 10.8. The van der Waals surface area contributed by atoms with E-state index < -0.39 is 6.09 Å². The second-order valence-corrected chi connectivity index (χ2v) is 10.8. The molecule has 0 bridgehead atoms. The lowest BCUT2D eigenvalue weighted by Crippen LogP contribution is -2.38. The normalized spacial score (nSPS) is 18.2. The van der Waals surface area contributed by atoms with Gasteiger partial charge in [-0.1, -0.05) is 13.8 Å². The molecule has 2 unspecified atom stereocenters. The monoisotopic (exact) mass is 548 g/mol. The highest BCUT2D eigenvalue weighted by molar-refractivity contribution is 6.01. The van der Waals surface area contributed by atoms with E-state index in [9.17, 15) is 14.4 Å². The highest BCUT2D eigenvalue weighted by Crippen LogP contribution is 2.39. The van der Waals surface area contributed by atoms with Crippen LogP contribution in [-0.4, -0.2) is 86.7 Å². The Labute approximate surface area is 233 Å². The van der Waals surface area contributed by atoms with Gasteiger partial charge in [0.05, 0.1) is 19.9 Å².